The molecule has 0 aliphatic carbocycles. The lowest BCUT2D eigenvalue weighted by molar-refractivity contribution is -0.140. The van der Waals surface area contributed by atoms with Crippen LogP contribution in [0.2, 0.25) is 0 Å². The number of anilines is 1. The second kappa shape index (κ2) is 12.0. The molecular formula is C26H37N3O4S. The first-order valence-electron chi connectivity index (χ1n) is 11.7. The van der Waals surface area contributed by atoms with Gasteiger partial charge in [-0.2, -0.15) is 0 Å². The average molecular weight is 488 g/mol. The summed E-state index contributed by atoms with van der Waals surface area (Å²) < 4.78 is 26.5. The maximum Gasteiger partial charge on any atom is 0.244 e. The third-order valence-corrected chi connectivity index (χ3v) is 7.14. The van der Waals surface area contributed by atoms with Gasteiger partial charge >= 0.3 is 0 Å². The number of rotatable bonds is 11. The molecule has 8 heteroatoms. The van der Waals surface area contributed by atoms with E-state index in [2.05, 4.69) is 5.32 Å². The minimum absolute atomic E-state index is 0.216. The summed E-state index contributed by atoms with van der Waals surface area (Å²) in [4.78, 5) is 28.1. The zero-order valence-electron chi connectivity index (χ0n) is 21.1. The van der Waals surface area contributed by atoms with Crippen LogP contribution in [0.4, 0.5) is 5.69 Å². The fourth-order valence-corrected chi connectivity index (χ4v) is 4.59. The summed E-state index contributed by atoms with van der Waals surface area (Å²) in [6.07, 6.45) is 2.28. The molecule has 1 atom stereocenters. The van der Waals surface area contributed by atoms with Crippen molar-refractivity contribution < 1.29 is 18.0 Å². The van der Waals surface area contributed by atoms with Crippen molar-refractivity contribution in [1.29, 1.82) is 0 Å². The molecule has 0 spiro atoms. The quantitative estimate of drug-likeness (QED) is 0.523. The zero-order valence-corrected chi connectivity index (χ0v) is 21.9. The minimum Gasteiger partial charge on any atom is -0.354 e. The van der Waals surface area contributed by atoms with E-state index in [0.29, 0.717) is 18.7 Å². The van der Waals surface area contributed by atoms with Crippen LogP contribution in [0.3, 0.4) is 0 Å². The van der Waals surface area contributed by atoms with Gasteiger partial charge in [0.25, 0.3) is 0 Å². The normalized spacial score (nSPS) is 12.2. The molecule has 0 bridgehead atoms. The van der Waals surface area contributed by atoms with Crippen LogP contribution in [0.1, 0.15) is 48.9 Å². The van der Waals surface area contributed by atoms with Crippen LogP contribution in [-0.4, -0.2) is 50.5 Å². The number of benzene rings is 2. The molecule has 2 amide bonds. The number of nitrogens with zero attached hydrogens (tertiary/aromatic N) is 2. The second-order valence-corrected chi connectivity index (χ2v) is 10.6. The SMILES string of the molecule is CCCNC(=O)[C@H](CC)N(Cc1ccccc1C)C(=O)CN(c1ccc(C)c(C)c1)S(C)(=O)=O. The lowest BCUT2D eigenvalue weighted by Gasteiger charge is -2.33. The molecule has 1 N–H and O–H groups in total. The molecule has 0 aromatic heterocycles. The highest BCUT2D eigenvalue weighted by molar-refractivity contribution is 7.92. The molecule has 34 heavy (non-hydrogen) atoms. The van der Waals surface area contributed by atoms with E-state index in [-0.39, 0.29) is 19.0 Å². The van der Waals surface area contributed by atoms with Crippen LogP contribution in [0, 0.1) is 20.8 Å². The Kier molecular flexibility index (Phi) is 9.67. The van der Waals surface area contributed by atoms with Crippen molar-refractivity contribution in [3.63, 3.8) is 0 Å². The summed E-state index contributed by atoms with van der Waals surface area (Å²) in [6, 6.07) is 12.3. The monoisotopic (exact) mass is 487 g/mol. The summed E-state index contributed by atoms with van der Waals surface area (Å²) in [5.41, 5.74) is 4.30. The molecule has 0 saturated carbocycles. The Morgan fingerprint density at radius 3 is 2.21 bits per heavy atom. The fraction of sp³-hybridized carbons (Fsp3) is 0.462. The van der Waals surface area contributed by atoms with Crippen molar-refractivity contribution >= 4 is 27.5 Å². The Labute approximate surface area is 204 Å². The highest BCUT2D eigenvalue weighted by atomic mass is 32.2. The van der Waals surface area contributed by atoms with Gasteiger partial charge in [-0.3, -0.25) is 13.9 Å². The first kappa shape index (κ1) is 27.4. The third kappa shape index (κ3) is 7.06. The molecule has 186 valence electrons. The number of sulfonamides is 1. The number of carbonyl (C=O) groups excluding carboxylic acids is 2. The maximum absolute atomic E-state index is 13.7. The standard InChI is InChI=1S/C26H37N3O4S/c1-7-15-27-26(31)24(8-2)28(17-22-12-10-9-11-20(22)4)25(30)18-29(34(6,32)33)23-14-13-19(3)21(5)16-23/h9-14,16,24H,7-8,15,17-18H2,1-6H3,(H,27,31)/t24-/m0/s1. The number of amides is 2. The molecule has 2 rings (SSSR count). The fourth-order valence-electron chi connectivity index (χ4n) is 3.75. The smallest absolute Gasteiger partial charge is 0.244 e. The zero-order chi connectivity index (χ0) is 25.5. The summed E-state index contributed by atoms with van der Waals surface area (Å²) in [6.45, 7) is 9.96. The van der Waals surface area contributed by atoms with Crippen molar-refractivity contribution in [1.82, 2.24) is 10.2 Å². The van der Waals surface area contributed by atoms with E-state index in [0.717, 1.165) is 39.2 Å². The van der Waals surface area contributed by atoms with Gasteiger partial charge in [-0.1, -0.05) is 44.2 Å². The van der Waals surface area contributed by atoms with Gasteiger partial charge in [-0.15, -0.1) is 0 Å². The largest absolute Gasteiger partial charge is 0.354 e. The molecule has 0 radical (unpaired) electrons. The molecule has 0 aliphatic heterocycles. The lowest BCUT2D eigenvalue weighted by atomic mass is 10.1. The molecule has 0 saturated heterocycles. The van der Waals surface area contributed by atoms with Crippen molar-refractivity contribution in [2.75, 3.05) is 23.7 Å². The van der Waals surface area contributed by atoms with E-state index in [9.17, 15) is 18.0 Å². The number of hydrogen-bond donors (Lipinski definition) is 1. The van der Waals surface area contributed by atoms with Crippen LogP contribution in [0.15, 0.2) is 42.5 Å². The molecule has 2 aromatic carbocycles. The number of nitrogens with one attached hydrogen (secondary N) is 1. The Morgan fingerprint density at radius 1 is 0.971 bits per heavy atom. The van der Waals surface area contributed by atoms with Gasteiger partial charge in [0, 0.05) is 13.1 Å². The Morgan fingerprint density at radius 2 is 1.65 bits per heavy atom. The van der Waals surface area contributed by atoms with Gasteiger partial charge < -0.3 is 10.2 Å². The second-order valence-electron chi connectivity index (χ2n) is 8.70. The van der Waals surface area contributed by atoms with Gasteiger partial charge in [-0.05, 0) is 68.0 Å². The van der Waals surface area contributed by atoms with Gasteiger partial charge in [0.15, 0.2) is 0 Å². The van der Waals surface area contributed by atoms with E-state index in [4.69, 9.17) is 0 Å². The number of aryl methyl sites for hydroxylation is 3. The van der Waals surface area contributed by atoms with Gasteiger partial charge in [0.05, 0.1) is 11.9 Å². The van der Waals surface area contributed by atoms with Crippen molar-refractivity contribution in [3.05, 3.63) is 64.7 Å². The molecule has 0 heterocycles. The molecule has 7 nitrogen and oxygen atoms in total. The Hall–Kier alpha value is -2.87. The Balaban J connectivity index is 2.46. The number of carbonyl (C=O) groups is 2. The average Bonchev–Trinajstić information content (AvgIpc) is 2.78. The van der Waals surface area contributed by atoms with Crippen molar-refractivity contribution in [2.24, 2.45) is 0 Å². The van der Waals surface area contributed by atoms with Gasteiger partial charge in [-0.25, -0.2) is 8.42 Å². The first-order chi connectivity index (χ1) is 16.0. The summed E-state index contributed by atoms with van der Waals surface area (Å²) in [5.74, 6) is -0.659. The van der Waals surface area contributed by atoms with Crippen LogP contribution >= 0.6 is 0 Å². The van der Waals surface area contributed by atoms with Crippen LogP contribution in [0.25, 0.3) is 0 Å². The molecule has 0 unspecified atom stereocenters. The van der Waals surface area contributed by atoms with Crippen LogP contribution < -0.4 is 9.62 Å². The molecule has 2 aromatic rings. The maximum atomic E-state index is 13.7. The van der Waals surface area contributed by atoms with Gasteiger partial charge in [0.2, 0.25) is 21.8 Å². The summed E-state index contributed by atoms with van der Waals surface area (Å²) in [5, 5.41) is 2.88. The minimum atomic E-state index is -3.74. The van der Waals surface area contributed by atoms with E-state index in [1.54, 1.807) is 12.1 Å². The van der Waals surface area contributed by atoms with Gasteiger partial charge in [0.1, 0.15) is 12.6 Å². The highest BCUT2D eigenvalue weighted by Crippen LogP contribution is 2.23. The highest BCUT2D eigenvalue weighted by Gasteiger charge is 2.31. The summed E-state index contributed by atoms with van der Waals surface area (Å²) in [7, 11) is -3.74. The molecular weight excluding hydrogens is 450 g/mol. The lowest BCUT2D eigenvalue weighted by Crippen LogP contribution is -2.52. The predicted octanol–water partition coefficient (Wildman–Crippen LogP) is 3.71. The van der Waals surface area contributed by atoms with Crippen molar-refractivity contribution in [2.45, 2.75) is 60.0 Å². The molecule has 0 fully saturated rings. The first-order valence-corrected chi connectivity index (χ1v) is 13.5. The third-order valence-electron chi connectivity index (χ3n) is 5.99. The molecule has 0 aliphatic rings. The van der Waals surface area contributed by atoms with E-state index >= 15 is 0 Å². The number of hydrogen-bond acceptors (Lipinski definition) is 4. The van der Waals surface area contributed by atoms with Crippen LogP contribution in [-0.2, 0) is 26.2 Å². The summed E-state index contributed by atoms with van der Waals surface area (Å²) >= 11 is 0. The van der Waals surface area contributed by atoms with Crippen molar-refractivity contribution in [3.8, 4) is 0 Å². The van der Waals surface area contributed by atoms with E-state index < -0.39 is 22.0 Å². The predicted molar refractivity (Wildman–Crippen MR) is 137 cm³/mol. The van der Waals surface area contributed by atoms with E-state index in [1.165, 1.54) is 4.90 Å². The Bertz CT molecular complexity index is 1110. The van der Waals surface area contributed by atoms with Crippen LogP contribution in [0.5, 0.6) is 0 Å². The van der Waals surface area contributed by atoms with E-state index in [1.807, 2.05) is 65.0 Å². The topological polar surface area (TPSA) is 86.8 Å².